The number of rotatable bonds is 1. The van der Waals surface area contributed by atoms with Gasteiger partial charge < -0.3 is 10.3 Å². The maximum Gasteiger partial charge on any atom is 0.278 e. The highest BCUT2D eigenvalue weighted by molar-refractivity contribution is 5.46. The minimum absolute atomic E-state index is 0.101. The predicted octanol–water partition coefficient (Wildman–Crippen LogP) is 0.109. The number of nitrogens with zero attached hydrogens (tertiary/aromatic N) is 4. The molecule has 0 aliphatic heterocycles. The number of hydrogen-bond acceptors (Lipinski definition) is 6. The second kappa shape index (κ2) is 2.57. The minimum Gasteiger partial charge on any atom is -0.365 e. The zero-order valence-electron chi connectivity index (χ0n) is 6.01. The van der Waals surface area contributed by atoms with Gasteiger partial charge >= 0.3 is 0 Å². The van der Waals surface area contributed by atoms with Crippen molar-refractivity contribution in [3.8, 4) is 11.6 Å². The van der Waals surface area contributed by atoms with Crippen LogP contribution in [0.15, 0.2) is 23.1 Å². The van der Waals surface area contributed by atoms with Crippen molar-refractivity contribution < 1.29 is 4.52 Å². The smallest absolute Gasteiger partial charge is 0.278 e. The van der Waals surface area contributed by atoms with Crippen molar-refractivity contribution in [3.05, 3.63) is 18.6 Å². The van der Waals surface area contributed by atoms with Gasteiger partial charge in [-0.15, -0.1) is 0 Å². The maximum absolute atomic E-state index is 5.26. The highest BCUT2D eigenvalue weighted by atomic mass is 16.5. The largest absolute Gasteiger partial charge is 0.365 e. The molecule has 2 aromatic heterocycles. The first-order chi connectivity index (χ1) is 5.86. The molecule has 0 spiro atoms. The Morgan fingerprint density at radius 1 is 1.42 bits per heavy atom. The second-order valence-electron chi connectivity index (χ2n) is 2.05. The summed E-state index contributed by atoms with van der Waals surface area (Å²) in [7, 11) is 0. The van der Waals surface area contributed by atoms with Gasteiger partial charge in [-0.05, 0) is 11.2 Å². The standard InChI is InChI=1S/C6H5N5O/c7-6-10-5(12-11-6)4-1-2-8-3-9-4/h1-3H,(H2,7,11). The third-order valence-electron chi connectivity index (χ3n) is 1.24. The van der Waals surface area contributed by atoms with Crippen molar-refractivity contribution in [2.24, 2.45) is 0 Å². The van der Waals surface area contributed by atoms with Crippen LogP contribution < -0.4 is 5.73 Å². The van der Waals surface area contributed by atoms with E-state index in [-0.39, 0.29) is 5.95 Å². The van der Waals surface area contributed by atoms with E-state index >= 15 is 0 Å². The van der Waals surface area contributed by atoms with Crippen LogP contribution in [0, 0.1) is 0 Å². The molecule has 6 heteroatoms. The summed E-state index contributed by atoms with van der Waals surface area (Å²) in [6.45, 7) is 0. The lowest BCUT2D eigenvalue weighted by atomic mass is 10.4. The Kier molecular flexibility index (Phi) is 1.44. The number of aromatic nitrogens is 4. The third kappa shape index (κ3) is 1.09. The molecular formula is C6H5N5O. The molecule has 0 radical (unpaired) electrons. The van der Waals surface area contributed by atoms with Gasteiger partial charge in [-0.1, -0.05) is 0 Å². The van der Waals surface area contributed by atoms with Gasteiger partial charge in [-0.2, -0.15) is 4.98 Å². The van der Waals surface area contributed by atoms with E-state index in [0.717, 1.165) is 0 Å². The molecule has 0 saturated heterocycles. The molecule has 0 bridgehead atoms. The van der Waals surface area contributed by atoms with Gasteiger partial charge in [0.1, 0.15) is 12.0 Å². The zero-order valence-corrected chi connectivity index (χ0v) is 6.01. The fraction of sp³-hybridized carbons (Fsp3) is 0. The summed E-state index contributed by atoms with van der Waals surface area (Å²) in [5.41, 5.74) is 5.82. The molecule has 0 aliphatic rings. The molecule has 0 saturated carbocycles. The van der Waals surface area contributed by atoms with E-state index in [1.54, 1.807) is 12.3 Å². The van der Waals surface area contributed by atoms with Gasteiger partial charge in [0.05, 0.1) is 0 Å². The number of nitrogen functional groups attached to an aromatic ring is 1. The minimum atomic E-state index is 0.101. The molecule has 12 heavy (non-hydrogen) atoms. The van der Waals surface area contributed by atoms with Crippen LogP contribution in [0.3, 0.4) is 0 Å². The quantitative estimate of drug-likeness (QED) is 0.641. The van der Waals surface area contributed by atoms with Crippen molar-refractivity contribution in [2.75, 3.05) is 5.73 Å². The lowest BCUT2D eigenvalue weighted by molar-refractivity contribution is 0.431. The summed E-state index contributed by atoms with van der Waals surface area (Å²) in [4.78, 5) is 11.4. The number of anilines is 1. The number of hydrogen-bond donors (Lipinski definition) is 1. The van der Waals surface area contributed by atoms with Crippen LogP contribution in [0.25, 0.3) is 11.6 Å². The Hall–Kier alpha value is -1.98. The molecular weight excluding hydrogens is 158 g/mol. The number of nitrogens with two attached hydrogens (primary N) is 1. The van der Waals surface area contributed by atoms with Crippen LogP contribution >= 0.6 is 0 Å². The molecule has 0 amide bonds. The van der Waals surface area contributed by atoms with Gasteiger partial charge in [0.15, 0.2) is 0 Å². The van der Waals surface area contributed by atoms with Gasteiger partial charge in [0.2, 0.25) is 0 Å². The Balaban J connectivity index is 2.45. The third-order valence-corrected chi connectivity index (χ3v) is 1.24. The summed E-state index contributed by atoms with van der Waals surface area (Å²) in [5, 5.41) is 3.42. The molecule has 2 N–H and O–H groups in total. The second-order valence-corrected chi connectivity index (χ2v) is 2.05. The van der Waals surface area contributed by atoms with Gasteiger partial charge in [0, 0.05) is 6.20 Å². The average Bonchev–Trinajstić information content (AvgIpc) is 2.54. The van der Waals surface area contributed by atoms with Crippen LogP contribution in [0.1, 0.15) is 0 Å². The van der Waals surface area contributed by atoms with Crippen LogP contribution in [0.5, 0.6) is 0 Å². The van der Waals surface area contributed by atoms with Crippen LogP contribution in [0.2, 0.25) is 0 Å². The molecule has 0 fully saturated rings. The molecule has 6 nitrogen and oxygen atoms in total. The Labute approximate surface area is 67.5 Å². The fourth-order valence-electron chi connectivity index (χ4n) is 0.756. The first-order valence-corrected chi connectivity index (χ1v) is 3.22. The van der Waals surface area contributed by atoms with Gasteiger partial charge in [0.25, 0.3) is 11.8 Å². The molecule has 0 aliphatic carbocycles. The average molecular weight is 163 g/mol. The summed E-state index contributed by atoms with van der Waals surface area (Å²) >= 11 is 0. The van der Waals surface area contributed by atoms with Crippen molar-refractivity contribution in [3.63, 3.8) is 0 Å². The van der Waals surface area contributed by atoms with E-state index in [4.69, 9.17) is 10.3 Å². The van der Waals surface area contributed by atoms with Crippen molar-refractivity contribution in [2.45, 2.75) is 0 Å². The molecule has 60 valence electrons. The molecule has 2 rings (SSSR count). The topological polar surface area (TPSA) is 90.7 Å². The van der Waals surface area contributed by atoms with E-state index < -0.39 is 0 Å². The monoisotopic (exact) mass is 163 g/mol. The molecule has 0 unspecified atom stereocenters. The zero-order chi connectivity index (χ0) is 8.39. The van der Waals surface area contributed by atoms with Gasteiger partial charge in [-0.3, -0.25) is 0 Å². The summed E-state index contributed by atoms with van der Waals surface area (Å²) in [5.74, 6) is 0.401. The normalized spacial score (nSPS) is 10.0. The Morgan fingerprint density at radius 3 is 2.92 bits per heavy atom. The highest BCUT2D eigenvalue weighted by Crippen LogP contribution is 2.12. The maximum atomic E-state index is 5.26. The summed E-state index contributed by atoms with van der Waals surface area (Å²) in [6.07, 6.45) is 2.98. The van der Waals surface area contributed by atoms with Crippen molar-refractivity contribution >= 4 is 5.95 Å². The fourth-order valence-corrected chi connectivity index (χ4v) is 0.756. The lowest BCUT2D eigenvalue weighted by Gasteiger charge is -1.87. The highest BCUT2D eigenvalue weighted by Gasteiger charge is 2.05. The first-order valence-electron chi connectivity index (χ1n) is 3.22. The van der Waals surface area contributed by atoms with Crippen molar-refractivity contribution in [1.82, 2.24) is 20.1 Å². The lowest BCUT2D eigenvalue weighted by Crippen LogP contribution is -1.87. The van der Waals surface area contributed by atoms with Gasteiger partial charge in [-0.25, -0.2) is 9.97 Å². The Bertz CT molecular complexity index is 370. The van der Waals surface area contributed by atoms with E-state index in [1.807, 2.05) is 0 Å². The SMILES string of the molecule is Nc1noc(-c2ccncn2)n1. The van der Waals surface area contributed by atoms with E-state index in [2.05, 4.69) is 20.1 Å². The van der Waals surface area contributed by atoms with Crippen LogP contribution in [-0.4, -0.2) is 20.1 Å². The first kappa shape index (κ1) is 6.71. The molecule has 0 aromatic carbocycles. The van der Waals surface area contributed by atoms with Crippen molar-refractivity contribution in [1.29, 1.82) is 0 Å². The van der Waals surface area contributed by atoms with E-state index in [1.165, 1.54) is 6.33 Å². The summed E-state index contributed by atoms with van der Waals surface area (Å²) < 4.78 is 4.77. The van der Waals surface area contributed by atoms with E-state index in [0.29, 0.717) is 11.6 Å². The molecule has 0 atom stereocenters. The predicted molar refractivity (Wildman–Crippen MR) is 39.7 cm³/mol. The molecule has 2 aromatic rings. The van der Waals surface area contributed by atoms with E-state index in [9.17, 15) is 0 Å². The summed E-state index contributed by atoms with van der Waals surface area (Å²) in [6, 6.07) is 1.66. The Morgan fingerprint density at radius 2 is 2.33 bits per heavy atom. The van der Waals surface area contributed by atoms with Crippen LogP contribution in [0.4, 0.5) is 5.95 Å². The molecule has 2 heterocycles. The van der Waals surface area contributed by atoms with Crippen LogP contribution in [-0.2, 0) is 0 Å².